The second kappa shape index (κ2) is 8.44. The third-order valence-electron chi connectivity index (χ3n) is 3.59. The maximum Gasteiger partial charge on any atom is 0.228 e. The maximum absolute atomic E-state index is 12.4. The molecule has 0 radical (unpaired) electrons. The van der Waals surface area contributed by atoms with E-state index in [1.165, 1.54) is 6.33 Å². The molecule has 0 bridgehead atoms. The third kappa shape index (κ3) is 4.58. The summed E-state index contributed by atoms with van der Waals surface area (Å²) in [6.07, 6.45) is 2.62. The first-order valence-corrected chi connectivity index (χ1v) is 8.58. The number of aromatic nitrogens is 4. The number of hydrogen-bond acceptors (Lipinski definition) is 5. The number of halogens is 1. The number of hydrogen-bond donors (Lipinski definition) is 1. The van der Waals surface area contributed by atoms with Gasteiger partial charge >= 0.3 is 0 Å². The van der Waals surface area contributed by atoms with E-state index in [1.807, 2.05) is 31.2 Å². The molecule has 3 aromatic rings. The van der Waals surface area contributed by atoms with E-state index in [-0.39, 0.29) is 12.3 Å². The van der Waals surface area contributed by atoms with E-state index in [4.69, 9.17) is 16.3 Å². The highest BCUT2D eigenvalue weighted by Gasteiger charge is 2.10. The number of tetrazole rings is 1. The Morgan fingerprint density at radius 3 is 2.73 bits per heavy atom. The Labute approximate surface area is 155 Å². The lowest BCUT2D eigenvalue weighted by Gasteiger charge is -2.12. The summed E-state index contributed by atoms with van der Waals surface area (Å²) in [5.41, 5.74) is 2.27. The molecule has 0 saturated heterocycles. The average Bonchev–Trinajstić information content (AvgIpc) is 3.16. The molecule has 8 heteroatoms. The van der Waals surface area contributed by atoms with Crippen molar-refractivity contribution in [1.29, 1.82) is 0 Å². The van der Waals surface area contributed by atoms with E-state index in [0.29, 0.717) is 23.1 Å². The molecule has 0 aliphatic carbocycles. The Hall–Kier alpha value is -2.93. The lowest BCUT2D eigenvalue weighted by Crippen LogP contribution is -2.15. The number of benzene rings is 2. The van der Waals surface area contributed by atoms with Gasteiger partial charge in [-0.15, -0.1) is 5.10 Å². The Morgan fingerprint density at radius 1 is 1.23 bits per heavy atom. The highest BCUT2D eigenvalue weighted by Crippen LogP contribution is 2.28. The second-order valence-electron chi connectivity index (χ2n) is 5.63. The van der Waals surface area contributed by atoms with Gasteiger partial charge < -0.3 is 10.1 Å². The Bertz CT molecular complexity index is 866. The fourth-order valence-electron chi connectivity index (χ4n) is 2.36. The molecule has 0 aliphatic heterocycles. The van der Waals surface area contributed by atoms with Crippen molar-refractivity contribution in [2.24, 2.45) is 0 Å². The number of anilines is 1. The summed E-state index contributed by atoms with van der Waals surface area (Å²) in [5.74, 6) is 0.461. The van der Waals surface area contributed by atoms with Crippen molar-refractivity contribution in [3.05, 3.63) is 59.4 Å². The zero-order valence-corrected chi connectivity index (χ0v) is 15.0. The first-order valence-electron chi connectivity index (χ1n) is 8.20. The van der Waals surface area contributed by atoms with Crippen LogP contribution in [0, 0.1) is 0 Å². The van der Waals surface area contributed by atoms with Crippen molar-refractivity contribution in [3.63, 3.8) is 0 Å². The summed E-state index contributed by atoms with van der Waals surface area (Å²) in [5, 5.41) is 14.4. The normalized spacial score (nSPS) is 10.5. The van der Waals surface area contributed by atoms with E-state index in [9.17, 15) is 4.79 Å². The molecule has 0 unspecified atom stereocenters. The zero-order chi connectivity index (χ0) is 18.4. The SMILES string of the molecule is CCCOc1ccc(Cl)cc1NC(=O)Cc1ccc(-n2cnnn2)cc1. The predicted octanol–water partition coefficient (Wildman–Crippen LogP) is 3.29. The largest absolute Gasteiger partial charge is 0.491 e. The molecule has 1 N–H and O–H groups in total. The summed E-state index contributed by atoms with van der Waals surface area (Å²) < 4.78 is 7.20. The molecule has 7 nitrogen and oxygen atoms in total. The van der Waals surface area contributed by atoms with Crippen LogP contribution in [0.1, 0.15) is 18.9 Å². The fourth-order valence-corrected chi connectivity index (χ4v) is 2.54. The molecule has 2 aromatic carbocycles. The molecule has 1 heterocycles. The molecule has 3 rings (SSSR count). The van der Waals surface area contributed by atoms with Gasteiger partial charge in [-0.05, 0) is 52.7 Å². The minimum absolute atomic E-state index is 0.149. The van der Waals surface area contributed by atoms with Crippen LogP contribution >= 0.6 is 11.6 Å². The van der Waals surface area contributed by atoms with E-state index in [1.54, 1.807) is 22.9 Å². The van der Waals surface area contributed by atoms with Gasteiger partial charge in [-0.2, -0.15) is 0 Å². The standard InChI is InChI=1S/C18H18ClN5O2/c1-2-9-26-17-8-5-14(19)11-16(17)21-18(25)10-13-3-6-15(7-4-13)24-12-20-22-23-24/h3-8,11-12H,2,9-10H2,1H3,(H,21,25). The van der Waals surface area contributed by atoms with Crippen molar-refractivity contribution in [2.75, 3.05) is 11.9 Å². The summed E-state index contributed by atoms with van der Waals surface area (Å²) in [6, 6.07) is 12.6. The van der Waals surface area contributed by atoms with Crippen LogP contribution in [0.4, 0.5) is 5.69 Å². The molecule has 134 valence electrons. The van der Waals surface area contributed by atoms with Crippen LogP contribution < -0.4 is 10.1 Å². The van der Waals surface area contributed by atoms with Crippen LogP contribution in [-0.2, 0) is 11.2 Å². The molecule has 1 aromatic heterocycles. The van der Waals surface area contributed by atoms with Crippen LogP contribution in [0.15, 0.2) is 48.8 Å². The van der Waals surface area contributed by atoms with Gasteiger partial charge in [-0.3, -0.25) is 4.79 Å². The van der Waals surface area contributed by atoms with Crippen LogP contribution in [-0.4, -0.2) is 32.7 Å². The van der Waals surface area contributed by atoms with Gasteiger partial charge in [0.2, 0.25) is 5.91 Å². The Balaban J connectivity index is 1.66. The van der Waals surface area contributed by atoms with Crippen molar-refractivity contribution < 1.29 is 9.53 Å². The molecule has 0 aliphatic rings. The van der Waals surface area contributed by atoms with Gasteiger partial charge in [0.15, 0.2) is 0 Å². The number of ether oxygens (including phenoxy) is 1. The summed E-state index contributed by atoms with van der Waals surface area (Å²) in [4.78, 5) is 12.4. The number of nitrogens with one attached hydrogen (secondary N) is 1. The molecule has 0 fully saturated rings. The summed E-state index contributed by atoms with van der Waals surface area (Å²) in [6.45, 7) is 2.59. The van der Waals surface area contributed by atoms with Gasteiger partial charge in [0.25, 0.3) is 0 Å². The van der Waals surface area contributed by atoms with Crippen molar-refractivity contribution in [3.8, 4) is 11.4 Å². The van der Waals surface area contributed by atoms with E-state index in [2.05, 4.69) is 20.8 Å². The Kier molecular flexibility index (Phi) is 5.80. The van der Waals surface area contributed by atoms with Crippen molar-refractivity contribution >= 4 is 23.2 Å². The second-order valence-corrected chi connectivity index (χ2v) is 6.07. The van der Waals surface area contributed by atoms with E-state index in [0.717, 1.165) is 17.7 Å². The van der Waals surface area contributed by atoms with Crippen LogP contribution in [0.25, 0.3) is 5.69 Å². The topological polar surface area (TPSA) is 81.9 Å². The highest BCUT2D eigenvalue weighted by molar-refractivity contribution is 6.31. The van der Waals surface area contributed by atoms with Gasteiger partial charge in [0, 0.05) is 5.02 Å². The highest BCUT2D eigenvalue weighted by atomic mass is 35.5. The number of carbonyl (C=O) groups excluding carboxylic acids is 1. The fraction of sp³-hybridized carbons (Fsp3) is 0.222. The van der Waals surface area contributed by atoms with Gasteiger partial charge in [0.1, 0.15) is 12.1 Å². The van der Waals surface area contributed by atoms with E-state index < -0.39 is 0 Å². The van der Waals surface area contributed by atoms with Crippen LogP contribution in [0.3, 0.4) is 0 Å². The lowest BCUT2D eigenvalue weighted by molar-refractivity contribution is -0.115. The van der Waals surface area contributed by atoms with Gasteiger partial charge in [-0.1, -0.05) is 30.7 Å². The number of amides is 1. The zero-order valence-electron chi connectivity index (χ0n) is 14.2. The van der Waals surface area contributed by atoms with Gasteiger partial charge in [-0.25, -0.2) is 4.68 Å². The number of nitrogens with zero attached hydrogens (tertiary/aromatic N) is 4. The van der Waals surface area contributed by atoms with E-state index >= 15 is 0 Å². The average molecular weight is 372 g/mol. The van der Waals surface area contributed by atoms with Crippen LogP contribution in [0.5, 0.6) is 5.75 Å². The molecule has 0 spiro atoms. The van der Waals surface area contributed by atoms with Gasteiger partial charge in [0.05, 0.1) is 24.4 Å². The molecular weight excluding hydrogens is 354 g/mol. The summed E-state index contributed by atoms with van der Waals surface area (Å²) >= 11 is 6.04. The number of carbonyl (C=O) groups is 1. The smallest absolute Gasteiger partial charge is 0.228 e. The van der Waals surface area contributed by atoms with Crippen LogP contribution in [0.2, 0.25) is 5.02 Å². The number of rotatable bonds is 7. The predicted molar refractivity (Wildman–Crippen MR) is 98.7 cm³/mol. The first kappa shape index (κ1) is 17.9. The first-order chi connectivity index (χ1) is 12.7. The third-order valence-corrected chi connectivity index (χ3v) is 3.83. The minimum atomic E-state index is -0.149. The lowest BCUT2D eigenvalue weighted by atomic mass is 10.1. The molecule has 0 atom stereocenters. The van der Waals surface area contributed by atoms with Crippen molar-refractivity contribution in [2.45, 2.75) is 19.8 Å². The Morgan fingerprint density at radius 2 is 2.04 bits per heavy atom. The molecule has 0 saturated carbocycles. The van der Waals surface area contributed by atoms with Crippen molar-refractivity contribution in [1.82, 2.24) is 20.2 Å². The molecule has 1 amide bonds. The molecular formula is C18H18ClN5O2. The summed E-state index contributed by atoms with van der Waals surface area (Å²) in [7, 11) is 0. The quantitative estimate of drug-likeness (QED) is 0.689. The maximum atomic E-state index is 12.4. The minimum Gasteiger partial charge on any atom is -0.491 e. The monoisotopic (exact) mass is 371 g/mol. The molecule has 26 heavy (non-hydrogen) atoms.